The normalized spacial score (nSPS) is 12.0. The Bertz CT molecular complexity index is 505. The zero-order chi connectivity index (χ0) is 13.2. The molecule has 2 aromatic heterocycles. The molecular weight excluding hydrogens is 228 g/mol. The Hall–Kier alpha value is -1.69. The second kappa shape index (κ2) is 4.89. The average molecular weight is 248 g/mol. The molecule has 2 heterocycles. The number of hydrogen-bond acceptors (Lipinski definition) is 4. The molecule has 1 N–H and O–H groups in total. The van der Waals surface area contributed by atoms with E-state index < -0.39 is 0 Å². The molecule has 6 nitrogen and oxygen atoms in total. The standard InChI is InChI=1S/C12H20N6/c1-12(2,3)15-6-10-5-13-8-18(10)7-11-14-9-17(4)16-11/h5,8-9,15H,6-7H2,1-4H3. The Morgan fingerprint density at radius 1 is 1.28 bits per heavy atom. The predicted octanol–water partition coefficient (Wildman–Crippen LogP) is 0.948. The summed E-state index contributed by atoms with van der Waals surface area (Å²) >= 11 is 0. The third-order valence-electron chi connectivity index (χ3n) is 2.56. The summed E-state index contributed by atoms with van der Waals surface area (Å²) in [6, 6.07) is 0. The Morgan fingerprint density at radius 2 is 2.06 bits per heavy atom. The molecule has 2 aromatic rings. The molecule has 0 saturated carbocycles. The van der Waals surface area contributed by atoms with E-state index in [9.17, 15) is 0 Å². The van der Waals surface area contributed by atoms with Crippen molar-refractivity contribution in [3.63, 3.8) is 0 Å². The largest absolute Gasteiger partial charge is 0.326 e. The molecule has 0 amide bonds. The molecule has 0 aliphatic rings. The number of imidazole rings is 1. The first-order valence-corrected chi connectivity index (χ1v) is 6.02. The van der Waals surface area contributed by atoms with Crippen LogP contribution in [0, 0.1) is 0 Å². The van der Waals surface area contributed by atoms with Crippen molar-refractivity contribution < 1.29 is 0 Å². The van der Waals surface area contributed by atoms with E-state index in [1.807, 2.05) is 19.6 Å². The summed E-state index contributed by atoms with van der Waals surface area (Å²) < 4.78 is 3.77. The van der Waals surface area contributed by atoms with Crippen molar-refractivity contribution in [1.29, 1.82) is 0 Å². The minimum Gasteiger partial charge on any atom is -0.326 e. The Morgan fingerprint density at radius 3 is 2.67 bits per heavy atom. The third kappa shape index (κ3) is 3.40. The maximum absolute atomic E-state index is 4.27. The van der Waals surface area contributed by atoms with E-state index >= 15 is 0 Å². The van der Waals surface area contributed by atoms with E-state index in [1.54, 1.807) is 11.0 Å². The molecule has 98 valence electrons. The van der Waals surface area contributed by atoms with Gasteiger partial charge in [0.15, 0.2) is 5.82 Å². The van der Waals surface area contributed by atoms with E-state index in [0.29, 0.717) is 6.54 Å². The van der Waals surface area contributed by atoms with Crippen LogP contribution in [0.3, 0.4) is 0 Å². The molecule has 0 atom stereocenters. The molecule has 0 bridgehead atoms. The van der Waals surface area contributed by atoms with E-state index in [2.05, 4.69) is 45.7 Å². The van der Waals surface area contributed by atoms with Gasteiger partial charge in [0.25, 0.3) is 0 Å². The summed E-state index contributed by atoms with van der Waals surface area (Å²) in [5, 5.41) is 7.72. The van der Waals surface area contributed by atoms with E-state index in [-0.39, 0.29) is 5.54 Å². The molecule has 6 heteroatoms. The van der Waals surface area contributed by atoms with Crippen molar-refractivity contribution in [3.8, 4) is 0 Å². The quantitative estimate of drug-likeness (QED) is 0.875. The highest BCUT2D eigenvalue weighted by Gasteiger charge is 2.11. The van der Waals surface area contributed by atoms with Gasteiger partial charge in [-0.2, -0.15) is 5.10 Å². The van der Waals surface area contributed by atoms with Gasteiger partial charge < -0.3 is 9.88 Å². The topological polar surface area (TPSA) is 60.6 Å². The van der Waals surface area contributed by atoms with Gasteiger partial charge in [0.05, 0.1) is 18.6 Å². The molecule has 0 aliphatic heterocycles. The smallest absolute Gasteiger partial charge is 0.170 e. The Kier molecular flexibility index (Phi) is 3.47. The maximum Gasteiger partial charge on any atom is 0.170 e. The number of nitrogens with one attached hydrogen (secondary N) is 1. The average Bonchev–Trinajstić information content (AvgIpc) is 2.85. The lowest BCUT2D eigenvalue weighted by Crippen LogP contribution is -2.35. The van der Waals surface area contributed by atoms with Gasteiger partial charge in [0, 0.05) is 25.3 Å². The van der Waals surface area contributed by atoms with Crippen LogP contribution in [0.15, 0.2) is 18.9 Å². The second-order valence-electron chi connectivity index (χ2n) is 5.45. The lowest BCUT2D eigenvalue weighted by molar-refractivity contribution is 0.416. The number of hydrogen-bond donors (Lipinski definition) is 1. The summed E-state index contributed by atoms with van der Waals surface area (Å²) in [5.74, 6) is 0.799. The highest BCUT2D eigenvalue weighted by atomic mass is 15.3. The number of nitrogens with zero attached hydrogens (tertiary/aromatic N) is 5. The highest BCUT2D eigenvalue weighted by molar-refractivity contribution is 5.01. The van der Waals surface area contributed by atoms with Gasteiger partial charge in [-0.05, 0) is 20.8 Å². The van der Waals surface area contributed by atoms with Crippen LogP contribution in [0.25, 0.3) is 0 Å². The van der Waals surface area contributed by atoms with Gasteiger partial charge in [0.1, 0.15) is 6.33 Å². The van der Waals surface area contributed by atoms with Crippen molar-refractivity contribution in [3.05, 3.63) is 30.4 Å². The number of aromatic nitrogens is 5. The van der Waals surface area contributed by atoms with Crippen LogP contribution in [0.2, 0.25) is 0 Å². The fraction of sp³-hybridized carbons (Fsp3) is 0.583. The van der Waals surface area contributed by atoms with Crippen molar-refractivity contribution in [2.75, 3.05) is 0 Å². The van der Waals surface area contributed by atoms with Crippen molar-refractivity contribution in [2.45, 2.75) is 39.4 Å². The lowest BCUT2D eigenvalue weighted by atomic mass is 10.1. The summed E-state index contributed by atoms with van der Waals surface area (Å²) in [6.45, 7) is 7.88. The first-order valence-electron chi connectivity index (χ1n) is 6.02. The molecule has 0 unspecified atom stereocenters. The van der Waals surface area contributed by atoms with Gasteiger partial charge in [-0.25, -0.2) is 9.97 Å². The molecule has 2 rings (SSSR count). The van der Waals surface area contributed by atoms with Gasteiger partial charge in [-0.3, -0.25) is 4.68 Å². The zero-order valence-corrected chi connectivity index (χ0v) is 11.4. The van der Waals surface area contributed by atoms with Crippen LogP contribution in [-0.2, 0) is 20.1 Å². The monoisotopic (exact) mass is 248 g/mol. The van der Waals surface area contributed by atoms with Crippen LogP contribution < -0.4 is 5.32 Å². The SMILES string of the molecule is Cn1cnc(Cn2cncc2CNC(C)(C)C)n1. The van der Waals surface area contributed by atoms with Crippen LogP contribution in [0.1, 0.15) is 32.3 Å². The molecule has 18 heavy (non-hydrogen) atoms. The summed E-state index contributed by atoms with van der Waals surface area (Å²) in [6.07, 6.45) is 5.40. The fourth-order valence-electron chi connectivity index (χ4n) is 1.60. The minimum atomic E-state index is 0.0956. The molecular formula is C12H20N6. The van der Waals surface area contributed by atoms with Crippen molar-refractivity contribution in [1.82, 2.24) is 29.6 Å². The number of rotatable bonds is 4. The van der Waals surface area contributed by atoms with Crippen LogP contribution in [0.5, 0.6) is 0 Å². The van der Waals surface area contributed by atoms with Gasteiger partial charge in [-0.1, -0.05) is 0 Å². The van der Waals surface area contributed by atoms with E-state index in [1.165, 1.54) is 0 Å². The van der Waals surface area contributed by atoms with Gasteiger partial charge >= 0.3 is 0 Å². The van der Waals surface area contributed by atoms with Crippen LogP contribution in [0.4, 0.5) is 0 Å². The minimum absolute atomic E-state index is 0.0956. The Labute approximate surface area is 107 Å². The summed E-state index contributed by atoms with van der Waals surface area (Å²) in [7, 11) is 1.87. The molecule has 0 aromatic carbocycles. The summed E-state index contributed by atoms with van der Waals surface area (Å²) in [4.78, 5) is 8.41. The lowest BCUT2D eigenvalue weighted by Gasteiger charge is -2.20. The Balaban J connectivity index is 2.03. The third-order valence-corrected chi connectivity index (χ3v) is 2.56. The maximum atomic E-state index is 4.27. The van der Waals surface area contributed by atoms with E-state index in [4.69, 9.17) is 0 Å². The first kappa shape index (κ1) is 12.8. The van der Waals surface area contributed by atoms with Crippen molar-refractivity contribution >= 4 is 0 Å². The zero-order valence-electron chi connectivity index (χ0n) is 11.4. The molecule has 0 aliphatic carbocycles. The molecule has 0 radical (unpaired) electrons. The molecule has 0 saturated heterocycles. The van der Waals surface area contributed by atoms with Crippen LogP contribution >= 0.6 is 0 Å². The van der Waals surface area contributed by atoms with Gasteiger partial charge in [-0.15, -0.1) is 0 Å². The van der Waals surface area contributed by atoms with Crippen molar-refractivity contribution in [2.24, 2.45) is 7.05 Å². The predicted molar refractivity (Wildman–Crippen MR) is 68.9 cm³/mol. The molecule has 0 fully saturated rings. The van der Waals surface area contributed by atoms with Crippen LogP contribution in [-0.4, -0.2) is 29.9 Å². The first-order chi connectivity index (χ1) is 8.44. The highest BCUT2D eigenvalue weighted by Crippen LogP contribution is 2.05. The second-order valence-corrected chi connectivity index (χ2v) is 5.45. The fourth-order valence-corrected chi connectivity index (χ4v) is 1.60. The van der Waals surface area contributed by atoms with E-state index in [0.717, 1.165) is 18.1 Å². The molecule has 0 spiro atoms. The van der Waals surface area contributed by atoms with Gasteiger partial charge in [0.2, 0.25) is 0 Å². The summed E-state index contributed by atoms with van der Waals surface area (Å²) in [5.41, 5.74) is 1.23. The number of aryl methyl sites for hydroxylation is 1.